The number of hydrogen-bond donors (Lipinski definition) is 1. The van der Waals surface area contributed by atoms with Crippen LogP contribution in [0.5, 0.6) is 0 Å². The lowest BCUT2D eigenvalue weighted by Gasteiger charge is -2.01. The molecule has 2 aromatic rings. The molecule has 0 amide bonds. The molecule has 0 radical (unpaired) electrons. The number of carbonyl (C=O) groups excluding carboxylic acids is 1. The zero-order valence-corrected chi connectivity index (χ0v) is 8.82. The zero-order valence-electron chi connectivity index (χ0n) is 8.82. The van der Waals surface area contributed by atoms with Gasteiger partial charge in [-0.25, -0.2) is 0 Å². The molecular formula is C12H13NO2. The molecule has 0 saturated heterocycles. The minimum absolute atomic E-state index is 0.00384. The molecule has 0 aliphatic heterocycles. The molecule has 0 atom stereocenters. The first-order valence-electron chi connectivity index (χ1n) is 4.85. The van der Waals surface area contributed by atoms with E-state index in [1.807, 2.05) is 35.9 Å². The number of Topliss-reactive ketones (excluding diaryl/α,β-unsaturated/α-hetero) is 1. The van der Waals surface area contributed by atoms with Crippen molar-refractivity contribution >= 4 is 16.7 Å². The van der Waals surface area contributed by atoms with Crippen LogP contribution in [-0.4, -0.2) is 15.5 Å². The van der Waals surface area contributed by atoms with Crippen molar-refractivity contribution in [3.8, 4) is 0 Å². The molecule has 3 heteroatoms. The molecule has 0 saturated carbocycles. The predicted molar refractivity (Wildman–Crippen MR) is 58.8 cm³/mol. The maximum Gasteiger partial charge on any atom is 0.162 e. The molecule has 0 unspecified atom stereocenters. The van der Waals surface area contributed by atoms with Gasteiger partial charge in [-0.3, -0.25) is 4.79 Å². The third kappa shape index (κ3) is 1.36. The Morgan fingerprint density at radius 3 is 2.67 bits per heavy atom. The van der Waals surface area contributed by atoms with Crippen molar-refractivity contribution in [3.05, 3.63) is 35.5 Å². The van der Waals surface area contributed by atoms with E-state index in [0.29, 0.717) is 11.3 Å². The van der Waals surface area contributed by atoms with E-state index in [9.17, 15) is 9.90 Å². The van der Waals surface area contributed by atoms with Crippen molar-refractivity contribution in [1.82, 2.24) is 4.57 Å². The molecule has 1 heterocycles. The number of hydrogen-bond acceptors (Lipinski definition) is 2. The van der Waals surface area contributed by atoms with Gasteiger partial charge in [-0.15, -0.1) is 0 Å². The van der Waals surface area contributed by atoms with Crippen LogP contribution in [0.15, 0.2) is 24.3 Å². The molecule has 0 aliphatic rings. The summed E-state index contributed by atoms with van der Waals surface area (Å²) in [6.45, 7) is 1.42. The Labute approximate surface area is 87.9 Å². The number of aliphatic hydroxyl groups excluding tert-OH is 1. The van der Waals surface area contributed by atoms with Gasteiger partial charge in [0.2, 0.25) is 0 Å². The van der Waals surface area contributed by atoms with Gasteiger partial charge in [-0.2, -0.15) is 0 Å². The number of benzene rings is 1. The average Bonchev–Trinajstić information content (AvgIpc) is 2.52. The molecule has 2 rings (SSSR count). The van der Waals surface area contributed by atoms with Crippen molar-refractivity contribution in [3.63, 3.8) is 0 Å². The summed E-state index contributed by atoms with van der Waals surface area (Å²) in [5.41, 5.74) is 2.30. The standard InChI is InChI=1S/C12H13NO2/c1-8(15)12-9-5-3-4-6-10(9)13(2)11(12)7-14/h3-6,14H,7H2,1-2H3. The monoisotopic (exact) mass is 203 g/mol. The Kier molecular flexibility index (Phi) is 2.32. The lowest BCUT2D eigenvalue weighted by atomic mass is 10.1. The molecule has 1 aromatic carbocycles. The molecule has 15 heavy (non-hydrogen) atoms. The maximum absolute atomic E-state index is 11.5. The van der Waals surface area contributed by atoms with E-state index in [4.69, 9.17) is 0 Å². The second-order valence-corrected chi connectivity index (χ2v) is 3.61. The van der Waals surface area contributed by atoms with Crippen molar-refractivity contribution in [2.75, 3.05) is 0 Å². The van der Waals surface area contributed by atoms with E-state index >= 15 is 0 Å². The van der Waals surface area contributed by atoms with Gasteiger partial charge in [0.1, 0.15) is 0 Å². The number of ketones is 1. The lowest BCUT2D eigenvalue weighted by Crippen LogP contribution is -2.01. The Morgan fingerprint density at radius 1 is 1.40 bits per heavy atom. The second-order valence-electron chi connectivity index (χ2n) is 3.61. The van der Waals surface area contributed by atoms with Gasteiger partial charge >= 0.3 is 0 Å². The molecule has 1 N–H and O–H groups in total. The van der Waals surface area contributed by atoms with Gasteiger partial charge in [-0.05, 0) is 13.0 Å². The largest absolute Gasteiger partial charge is 0.390 e. The topological polar surface area (TPSA) is 42.2 Å². The number of aromatic nitrogens is 1. The molecule has 1 aromatic heterocycles. The molecule has 3 nitrogen and oxygen atoms in total. The van der Waals surface area contributed by atoms with Crippen LogP contribution in [0.4, 0.5) is 0 Å². The van der Waals surface area contributed by atoms with Crippen molar-refractivity contribution in [1.29, 1.82) is 0 Å². The fourth-order valence-corrected chi connectivity index (χ4v) is 2.02. The Morgan fingerprint density at radius 2 is 2.07 bits per heavy atom. The highest BCUT2D eigenvalue weighted by Gasteiger charge is 2.16. The summed E-state index contributed by atoms with van der Waals surface area (Å²) >= 11 is 0. The van der Waals surface area contributed by atoms with Crippen LogP contribution in [0.2, 0.25) is 0 Å². The number of aliphatic hydroxyl groups is 1. The van der Waals surface area contributed by atoms with E-state index in [-0.39, 0.29) is 12.4 Å². The van der Waals surface area contributed by atoms with E-state index in [0.717, 1.165) is 10.9 Å². The summed E-state index contributed by atoms with van der Waals surface area (Å²) in [6, 6.07) is 7.68. The smallest absolute Gasteiger partial charge is 0.162 e. The first-order valence-corrected chi connectivity index (χ1v) is 4.85. The van der Waals surface area contributed by atoms with Gasteiger partial charge in [0.05, 0.1) is 12.3 Å². The molecule has 0 bridgehead atoms. The predicted octanol–water partition coefficient (Wildman–Crippen LogP) is 1.87. The molecule has 0 spiro atoms. The van der Waals surface area contributed by atoms with Crippen LogP contribution >= 0.6 is 0 Å². The van der Waals surface area contributed by atoms with Crippen molar-refractivity contribution in [2.24, 2.45) is 7.05 Å². The Balaban J connectivity index is 2.91. The Hall–Kier alpha value is -1.61. The van der Waals surface area contributed by atoms with Gasteiger partial charge in [0.25, 0.3) is 0 Å². The van der Waals surface area contributed by atoms with Crippen LogP contribution in [-0.2, 0) is 13.7 Å². The summed E-state index contributed by atoms with van der Waals surface area (Å²) in [6.07, 6.45) is 0. The Bertz CT molecular complexity index is 526. The summed E-state index contributed by atoms with van der Waals surface area (Å²) in [7, 11) is 1.86. The maximum atomic E-state index is 11.5. The van der Waals surface area contributed by atoms with E-state index in [2.05, 4.69) is 0 Å². The third-order valence-corrected chi connectivity index (χ3v) is 2.73. The number of rotatable bonds is 2. The van der Waals surface area contributed by atoms with Crippen LogP contribution in [0, 0.1) is 0 Å². The summed E-state index contributed by atoms with van der Waals surface area (Å²) in [4.78, 5) is 11.5. The van der Waals surface area contributed by atoms with Gasteiger partial charge in [0, 0.05) is 23.5 Å². The van der Waals surface area contributed by atoms with Crippen molar-refractivity contribution < 1.29 is 9.90 Å². The van der Waals surface area contributed by atoms with Gasteiger partial charge < -0.3 is 9.67 Å². The lowest BCUT2D eigenvalue weighted by molar-refractivity contribution is 0.101. The second kappa shape index (κ2) is 3.51. The van der Waals surface area contributed by atoms with Gasteiger partial charge in [-0.1, -0.05) is 18.2 Å². The first kappa shape index (κ1) is 9.93. The summed E-state index contributed by atoms with van der Waals surface area (Å²) in [5, 5.41) is 10.2. The van der Waals surface area contributed by atoms with E-state index in [1.54, 1.807) is 0 Å². The fourth-order valence-electron chi connectivity index (χ4n) is 2.02. The van der Waals surface area contributed by atoms with Crippen LogP contribution in [0.25, 0.3) is 10.9 Å². The quantitative estimate of drug-likeness (QED) is 0.757. The SMILES string of the molecule is CC(=O)c1c(CO)n(C)c2ccccc12. The van der Waals surface area contributed by atoms with Gasteiger partial charge in [0.15, 0.2) is 5.78 Å². The van der Waals surface area contributed by atoms with E-state index < -0.39 is 0 Å². The molecular weight excluding hydrogens is 190 g/mol. The molecule has 0 aliphatic carbocycles. The minimum atomic E-state index is -0.111. The van der Waals surface area contributed by atoms with E-state index in [1.165, 1.54) is 6.92 Å². The highest BCUT2D eigenvalue weighted by atomic mass is 16.3. The van der Waals surface area contributed by atoms with Crippen molar-refractivity contribution in [2.45, 2.75) is 13.5 Å². The highest BCUT2D eigenvalue weighted by Crippen LogP contribution is 2.25. The molecule has 0 fully saturated rings. The van der Waals surface area contributed by atoms with Crippen LogP contribution in [0.1, 0.15) is 23.0 Å². The summed E-state index contributed by atoms with van der Waals surface area (Å²) in [5.74, 6) is -0.00384. The van der Waals surface area contributed by atoms with Crippen LogP contribution in [0.3, 0.4) is 0 Å². The third-order valence-electron chi connectivity index (χ3n) is 2.73. The number of carbonyl (C=O) groups is 1. The summed E-state index contributed by atoms with van der Waals surface area (Å²) < 4.78 is 1.87. The first-order chi connectivity index (χ1) is 7.16. The molecule has 78 valence electrons. The minimum Gasteiger partial charge on any atom is -0.390 e. The number of fused-ring (bicyclic) bond motifs is 1. The number of aryl methyl sites for hydroxylation is 1. The average molecular weight is 203 g/mol. The fraction of sp³-hybridized carbons (Fsp3) is 0.250. The number of nitrogens with zero attached hydrogens (tertiary/aromatic N) is 1. The van der Waals surface area contributed by atoms with Crippen LogP contribution < -0.4 is 0 Å². The number of para-hydroxylation sites is 1. The zero-order chi connectivity index (χ0) is 11.0. The normalized spacial score (nSPS) is 10.9. The highest BCUT2D eigenvalue weighted by molar-refractivity contribution is 6.08.